The van der Waals surface area contributed by atoms with Gasteiger partial charge < -0.3 is 9.29 Å². The van der Waals surface area contributed by atoms with E-state index in [1.54, 1.807) is 6.92 Å². The fraction of sp³-hybridized carbons (Fsp3) is 0.875. The first-order valence-electron chi connectivity index (χ1n) is 4.39. The highest BCUT2D eigenvalue weighted by Gasteiger charge is 2.23. The average molecular weight is 208 g/mol. The van der Waals surface area contributed by atoms with Gasteiger partial charge in [0.15, 0.2) is 16.3 Å². The zero-order valence-electron chi connectivity index (χ0n) is 7.99. The van der Waals surface area contributed by atoms with Crippen LogP contribution in [0.25, 0.3) is 0 Å². The molecule has 0 heterocycles. The van der Waals surface area contributed by atoms with Crippen LogP contribution in [0.4, 0.5) is 0 Å². The Bertz CT molecular complexity index is 181. The summed E-state index contributed by atoms with van der Waals surface area (Å²) in [5.41, 5.74) is 0. The second kappa shape index (κ2) is 7.03. The van der Waals surface area contributed by atoms with Gasteiger partial charge in [0.25, 0.3) is 0 Å². The summed E-state index contributed by atoms with van der Waals surface area (Å²) in [6.45, 7) is 4.00. The summed E-state index contributed by atoms with van der Waals surface area (Å²) in [7, 11) is 0. The Morgan fingerprint density at radius 3 is 2.54 bits per heavy atom. The molecule has 2 atom stereocenters. The number of hydrogen-bond donors (Lipinski definition) is 1. The summed E-state index contributed by atoms with van der Waals surface area (Å²) in [4.78, 5) is 11.1. The maximum Gasteiger partial charge on any atom is 0.324 e. The maximum atomic E-state index is 11.1. The molecule has 0 aromatic carbocycles. The number of rotatable bonds is 6. The van der Waals surface area contributed by atoms with Gasteiger partial charge in [-0.25, -0.2) is 4.21 Å². The first-order valence-corrected chi connectivity index (χ1v) is 5.56. The molecule has 1 N–H and O–H groups in total. The van der Waals surface area contributed by atoms with Crippen molar-refractivity contribution in [2.24, 2.45) is 0 Å². The lowest BCUT2D eigenvalue weighted by atomic mass is 10.3. The van der Waals surface area contributed by atoms with E-state index < -0.39 is 22.3 Å². The van der Waals surface area contributed by atoms with E-state index in [1.165, 1.54) is 0 Å². The van der Waals surface area contributed by atoms with Crippen LogP contribution in [-0.2, 0) is 20.6 Å². The summed E-state index contributed by atoms with van der Waals surface area (Å²) < 4.78 is 24.1. The van der Waals surface area contributed by atoms with Crippen LogP contribution in [-0.4, -0.2) is 26.6 Å². The van der Waals surface area contributed by atoms with Gasteiger partial charge in [0.2, 0.25) is 0 Å². The van der Waals surface area contributed by atoms with Gasteiger partial charge in [-0.05, 0) is 12.8 Å². The van der Waals surface area contributed by atoms with Gasteiger partial charge in [0, 0.05) is 0 Å². The second-order valence-electron chi connectivity index (χ2n) is 2.69. The minimum absolute atomic E-state index is 0.327. The van der Waals surface area contributed by atoms with Crippen molar-refractivity contribution in [1.29, 1.82) is 0 Å². The molecule has 13 heavy (non-hydrogen) atoms. The van der Waals surface area contributed by atoms with E-state index in [0.29, 0.717) is 13.0 Å². The lowest BCUT2D eigenvalue weighted by molar-refractivity contribution is -0.143. The zero-order valence-corrected chi connectivity index (χ0v) is 8.80. The monoisotopic (exact) mass is 208 g/mol. The molecule has 0 spiro atoms. The van der Waals surface area contributed by atoms with Crippen LogP contribution in [0.15, 0.2) is 0 Å². The maximum absolute atomic E-state index is 11.1. The van der Waals surface area contributed by atoms with Gasteiger partial charge in [-0.15, -0.1) is 0 Å². The van der Waals surface area contributed by atoms with Gasteiger partial charge in [0.05, 0.1) is 6.61 Å². The standard InChI is InChI=1S/C8H16O4S/c1-3-5-6-12-8(9)7(4-2)13(10)11/h7H,3-6H2,1-2H3,(H,10,11). The van der Waals surface area contributed by atoms with E-state index in [9.17, 15) is 9.00 Å². The molecule has 0 rings (SSSR count). The van der Waals surface area contributed by atoms with E-state index in [4.69, 9.17) is 9.29 Å². The molecular weight excluding hydrogens is 192 g/mol. The number of carbonyl (C=O) groups excluding carboxylic acids is 1. The Morgan fingerprint density at radius 2 is 2.15 bits per heavy atom. The minimum Gasteiger partial charge on any atom is -0.465 e. The quantitative estimate of drug-likeness (QED) is 0.406. The van der Waals surface area contributed by atoms with E-state index in [2.05, 4.69) is 0 Å². The van der Waals surface area contributed by atoms with Crippen LogP contribution >= 0.6 is 0 Å². The van der Waals surface area contributed by atoms with Crippen molar-refractivity contribution in [3.63, 3.8) is 0 Å². The third kappa shape index (κ3) is 5.00. The average Bonchev–Trinajstić information content (AvgIpc) is 2.05. The van der Waals surface area contributed by atoms with E-state index in [-0.39, 0.29) is 0 Å². The molecular formula is C8H16O4S. The molecule has 0 amide bonds. The number of hydrogen-bond acceptors (Lipinski definition) is 3. The molecule has 4 nitrogen and oxygen atoms in total. The summed E-state index contributed by atoms with van der Waals surface area (Å²) in [5.74, 6) is -0.572. The molecule has 0 aliphatic heterocycles. The minimum atomic E-state index is -2.11. The van der Waals surface area contributed by atoms with Crippen LogP contribution in [0.2, 0.25) is 0 Å². The molecule has 78 valence electrons. The molecule has 0 fully saturated rings. The molecule has 0 bridgehead atoms. The van der Waals surface area contributed by atoms with Gasteiger partial charge in [-0.1, -0.05) is 20.3 Å². The largest absolute Gasteiger partial charge is 0.465 e. The first kappa shape index (κ1) is 12.6. The molecule has 2 unspecified atom stereocenters. The molecule has 5 heteroatoms. The predicted octanol–water partition coefficient (Wildman–Crippen LogP) is 1.33. The summed E-state index contributed by atoms with van der Waals surface area (Å²) in [6.07, 6.45) is 2.06. The number of unbranched alkanes of at least 4 members (excludes halogenated alkanes) is 1. The van der Waals surface area contributed by atoms with E-state index in [0.717, 1.165) is 12.8 Å². The third-order valence-electron chi connectivity index (χ3n) is 1.62. The Morgan fingerprint density at radius 1 is 1.54 bits per heavy atom. The Hall–Kier alpha value is -0.420. The summed E-state index contributed by atoms with van der Waals surface area (Å²) in [6, 6.07) is 0. The second-order valence-corrected chi connectivity index (χ2v) is 3.82. The highest BCUT2D eigenvalue weighted by Crippen LogP contribution is 2.03. The van der Waals surface area contributed by atoms with Crippen molar-refractivity contribution in [1.82, 2.24) is 0 Å². The Kier molecular flexibility index (Phi) is 6.80. The van der Waals surface area contributed by atoms with Gasteiger partial charge in [-0.3, -0.25) is 4.79 Å². The van der Waals surface area contributed by atoms with Crippen molar-refractivity contribution < 1.29 is 18.3 Å². The fourth-order valence-electron chi connectivity index (χ4n) is 0.802. The lowest BCUT2D eigenvalue weighted by Crippen LogP contribution is -2.27. The SMILES string of the molecule is CCCCOC(=O)C(CC)S(=O)O. The zero-order chi connectivity index (χ0) is 10.3. The lowest BCUT2D eigenvalue weighted by Gasteiger charge is -2.09. The van der Waals surface area contributed by atoms with E-state index in [1.807, 2.05) is 6.92 Å². The molecule has 0 saturated carbocycles. The van der Waals surface area contributed by atoms with Crippen molar-refractivity contribution >= 4 is 17.0 Å². The normalized spacial score (nSPS) is 15.0. The predicted molar refractivity (Wildman–Crippen MR) is 50.7 cm³/mol. The number of ether oxygens (including phenoxy) is 1. The molecule has 0 aromatic heterocycles. The van der Waals surface area contributed by atoms with Gasteiger partial charge >= 0.3 is 5.97 Å². The molecule has 0 radical (unpaired) electrons. The highest BCUT2D eigenvalue weighted by atomic mass is 32.2. The van der Waals surface area contributed by atoms with Crippen LogP contribution in [0, 0.1) is 0 Å². The van der Waals surface area contributed by atoms with Crippen molar-refractivity contribution in [2.45, 2.75) is 38.4 Å². The molecule has 0 saturated heterocycles. The topological polar surface area (TPSA) is 63.6 Å². The number of carbonyl (C=O) groups is 1. The van der Waals surface area contributed by atoms with Crippen LogP contribution in [0.1, 0.15) is 33.1 Å². The summed E-state index contributed by atoms with van der Waals surface area (Å²) >= 11 is -2.11. The molecule has 0 aromatic rings. The van der Waals surface area contributed by atoms with Crippen molar-refractivity contribution in [3.8, 4) is 0 Å². The smallest absolute Gasteiger partial charge is 0.324 e. The van der Waals surface area contributed by atoms with Gasteiger partial charge in [-0.2, -0.15) is 0 Å². The van der Waals surface area contributed by atoms with Crippen LogP contribution in [0.3, 0.4) is 0 Å². The number of esters is 1. The van der Waals surface area contributed by atoms with Crippen LogP contribution in [0.5, 0.6) is 0 Å². The summed E-state index contributed by atoms with van der Waals surface area (Å²) in [5, 5.41) is -0.892. The van der Waals surface area contributed by atoms with Crippen molar-refractivity contribution in [2.75, 3.05) is 6.61 Å². The first-order chi connectivity index (χ1) is 6.13. The molecule has 0 aliphatic carbocycles. The van der Waals surface area contributed by atoms with Gasteiger partial charge in [0.1, 0.15) is 0 Å². The Balaban J connectivity index is 3.85. The third-order valence-corrected chi connectivity index (χ3v) is 2.63. The van der Waals surface area contributed by atoms with Crippen LogP contribution < -0.4 is 0 Å². The fourth-order valence-corrected chi connectivity index (χ4v) is 1.32. The molecule has 0 aliphatic rings. The van der Waals surface area contributed by atoms with E-state index >= 15 is 0 Å². The highest BCUT2D eigenvalue weighted by molar-refractivity contribution is 7.80. The Labute approximate surface area is 80.9 Å². The van der Waals surface area contributed by atoms with Crippen molar-refractivity contribution in [3.05, 3.63) is 0 Å².